The molecule has 1 aromatic carbocycles. The molecule has 4 nitrogen and oxygen atoms in total. The fourth-order valence-electron chi connectivity index (χ4n) is 1.87. The van der Waals surface area contributed by atoms with Crippen molar-refractivity contribution in [3.8, 4) is 17.0 Å². The summed E-state index contributed by atoms with van der Waals surface area (Å²) in [5.41, 5.74) is 0.418. The van der Waals surface area contributed by atoms with Crippen LogP contribution in [0, 0.1) is 5.92 Å². The topological polar surface area (TPSA) is 66.0 Å². The third-order valence-electron chi connectivity index (χ3n) is 2.68. The lowest BCUT2D eigenvalue weighted by atomic mass is 10.1. The number of benzene rings is 1. The highest BCUT2D eigenvalue weighted by atomic mass is 35.5. The summed E-state index contributed by atoms with van der Waals surface area (Å²) in [6, 6.07) is 6.68. The third-order valence-corrected chi connectivity index (χ3v) is 2.94. The van der Waals surface area contributed by atoms with Crippen molar-refractivity contribution in [3.05, 3.63) is 45.5 Å². The van der Waals surface area contributed by atoms with Crippen molar-refractivity contribution in [2.45, 2.75) is 20.3 Å². The second-order valence-electron chi connectivity index (χ2n) is 4.82. The van der Waals surface area contributed by atoms with Crippen LogP contribution in [-0.4, -0.2) is 15.1 Å². The van der Waals surface area contributed by atoms with E-state index in [1.54, 1.807) is 24.3 Å². The van der Waals surface area contributed by atoms with Crippen LogP contribution in [0.25, 0.3) is 11.1 Å². The van der Waals surface area contributed by atoms with E-state index >= 15 is 0 Å². The molecule has 0 saturated heterocycles. The van der Waals surface area contributed by atoms with Crippen molar-refractivity contribution in [3.63, 3.8) is 0 Å². The van der Waals surface area contributed by atoms with Crippen molar-refractivity contribution >= 4 is 11.6 Å². The molecule has 100 valence electrons. The average molecular weight is 279 g/mol. The number of aromatic amines is 1. The van der Waals surface area contributed by atoms with Crippen LogP contribution in [0.5, 0.6) is 5.88 Å². The molecular formula is C14H15ClN2O2. The average Bonchev–Trinajstić information content (AvgIpc) is 2.29. The molecule has 0 aliphatic heterocycles. The Bertz CT molecular complexity index is 633. The first-order valence-electron chi connectivity index (χ1n) is 6.05. The van der Waals surface area contributed by atoms with Crippen LogP contribution in [0.1, 0.15) is 19.7 Å². The van der Waals surface area contributed by atoms with Gasteiger partial charge in [-0.2, -0.15) is 4.98 Å². The minimum Gasteiger partial charge on any atom is -0.493 e. The molecule has 5 heteroatoms. The molecule has 2 aromatic rings. The van der Waals surface area contributed by atoms with Crippen LogP contribution >= 0.6 is 11.6 Å². The summed E-state index contributed by atoms with van der Waals surface area (Å²) in [5, 5.41) is 10.5. The lowest BCUT2D eigenvalue weighted by Gasteiger charge is -2.07. The first-order valence-corrected chi connectivity index (χ1v) is 6.43. The molecule has 0 bridgehead atoms. The van der Waals surface area contributed by atoms with Crippen molar-refractivity contribution < 1.29 is 5.11 Å². The minimum atomic E-state index is -0.342. The monoisotopic (exact) mass is 278 g/mol. The van der Waals surface area contributed by atoms with Gasteiger partial charge >= 0.3 is 0 Å². The summed E-state index contributed by atoms with van der Waals surface area (Å²) in [6.45, 7) is 4.04. The van der Waals surface area contributed by atoms with Gasteiger partial charge in [-0.15, -0.1) is 0 Å². The molecule has 0 spiro atoms. The quantitative estimate of drug-likeness (QED) is 0.907. The molecule has 2 N–H and O–H groups in total. The first-order chi connectivity index (χ1) is 8.97. The molecular weight excluding hydrogens is 264 g/mol. The van der Waals surface area contributed by atoms with Crippen LogP contribution in [0.3, 0.4) is 0 Å². The summed E-state index contributed by atoms with van der Waals surface area (Å²) >= 11 is 5.80. The van der Waals surface area contributed by atoms with E-state index in [1.807, 2.05) is 13.8 Å². The standard InChI is InChI=1S/C14H15ClN2O2/c1-8(2)7-11-16-13(18)12(14(19)17-11)9-3-5-10(15)6-4-9/h3-6,8H,7H2,1-2H3,(H2,16,17,18,19). The summed E-state index contributed by atoms with van der Waals surface area (Å²) in [5.74, 6) is 0.598. The lowest BCUT2D eigenvalue weighted by Crippen LogP contribution is -2.15. The Morgan fingerprint density at radius 2 is 1.95 bits per heavy atom. The van der Waals surface area contributed by atoms with Crippen LogP contribution in [0.2, 0.25) is 5.02 Å². The van der Waals surface area contributed by atoms with Crippen LogP contribution < -0.4 is 5.56 Å². The molecule has 0 saturated carbocycles. The molecule has 0 fully saturated rings. The van der Waals surface area contributed by atoms with Gasteiger partial charge < -0.3 is 10.1 Å². The number of halogens is 1. The van der Waals surface area contributed by atoms with E-state index in [1.165, 1.54) is 0 Å². The smallest absolute Gasteiger partial charge is 0.262 e. The minimum absolute atomic E-state index is 0.171. The lowest BCUT2D eigenvalue weighted by molar-refractivity contribution is 0.447. The molecule has 1 heterocycles. The van der Waals surface area contributed by atoms with Gasteiger partial charge in [0.1, 0.15) is 11.4 Å². The normalized spacial score (nSPS) is 10.9. The van der Waals surface area contributed by atoms with Gasteiger partial charge in [0.05, 0.1) is 0 Å². The highest BCUT2D eigenvalue weighted by molar-refractivity contribution is 6.30. The maximum Gasteiger partial charge on any atom is 0.262 e. The van der Waals surface area contributed by atoms with E-state index in [4.69, 9.17) is 11.6 Å². The summed E-state index contributed by atoms with van der Waals surface area (Å²) in [6.07, 6.45) is 0.615. The third kappa shape index (κ3) is 3.15. The Labute approximate surface area is 116 Å². The Hall–Kier alpha value is -1.81. The zero-order chi connectivity index (χ0) is 14.0. The second-order valence-corrected chi connectivity index (χ2v) is 5.25. The maximum absolute atomic E-state index is 12.0. The van der Waals surface area contributed by atoms with Crippen LogP contribution in [0.15, 0.2) is 29.1 Å². The van der Waals surface area contributed by atoms with E-state index in [9.17, 15) is 9.90 Å². The molecule has 0 aliphatic rings. The van der Waals surface area contributed by atoms with Gasteiger partial charge in [0, 0.05) is 11.4 Å². The second kappa shape index (κ2) is 5.45. The molecule has 19 heavy (non-hydrogen) atoms. The van der Waals surface area contributed by atoms with Crippen molar-refractivity contribution in [1.82, 2.24) is 9.97 Å². The largest absolute Gasteiger partial charge is 0.493 e. The van der Waals surface area contributed by atoms with Gasteiger partial charge in [0.15, 0.2) is 0 Å². The van der Waals surface area contributed by atoms with Crippen molar-refractivity contribution in [2.75, 3.05) is 0 Å². The predicted molar refractivity (Wildman–Crippen MR) is 75.5 cm³/mol. The van der Waals surface area contributed by atoms with Gasteiger partial charge in [-0.05, 0) is 23.6 Å². The fourth-order valence-corrected chi connectivity index (χ4v) is 1.99. The van der Waals surface area contributed by atoms with Crippen LogP contribution in [-0.2, 0) is 6.42 Å². The molecule has 0 amide bonds. The molecule has 0 aliphatic carbocycles. The fraction of sp³-hybridized carbons (Fsp3) is 0.286. The molecule has 0 unspecified atom stereocenters. The molecule has 2 rings (SSSR count). The zero-order valence-corrected chi connectivity index (χ0v) is 11.5. The van der Waals surface area contributed by atoms with Gasteiger partial charge in [-0.1, -0.05) is 37.6 Å². The number of hydrogen-bond donors (Lipinski definition) is 2. The first kappa shape index (κ1) is 13.6. The Balaban J connectivity index is 2.48. The number of H-pyrrole nitrogens is 1. The number of hydrogen-bond acceptors (Lipinski definition) is 3. The summed E-state index contributed by atoms with van der Waals surface area (Å²) in [4.78, 5) is 18.8. The van der Waals surface area contributed by atoms with E-state index in [0.717, 1.165) is 0 Å². The SMILES string of the molecule is CC(C)Cc1nc(O)c(-c2ccc(Cl)cc2)c(=O)[nH]1. The van der Waals surface area contributed by atoms with Gasteiger partial charge in [-0.3, -0.25) is 4.79 Å². The van der Waals surface area contributed by atoms with E-state index in [-0.39, 0.29) is 17.0 Å². The number of nitrogens with one attached hydrogen (secondary N) is 1. The van der Waals surface area contributed by atoms with E-state index in [2.05, 4.69) is 9.97 Å². The highest BCUT2D eigenvalue weighted by Crippen LogP contribution is 2.24. The molecule has 0 radical (unpaired) electrons. The number of nitrogens with zero attached hydrogens (tertiary/aromatic N) is 1. The number of aromatic hydroxyl groups is 1. The van der Waals surface area contributed by atoms with Gasteiger partial charge in [0.25, 0.3) is 5.56 Å². The predicted octanol–water partition coefficient (Wildman–Crippen LogP) is 2.99. The Kier molecular flexibility index (Phi) is 3.90. The Morgan fingerprint density at radius 3 is 2.47 bits per heavy atom. The zero-order valence-electron chi connectivity index (χ0n) is 10.8. The van der Waals surface area contributed by atoms with E-state index in [0.29, 0.717) is 28.7 Å². The van der Waals surface area contributed by atoms with Crippen molar-refractivity contribution in [1.29, 1.82) is 0 Å². The summed E-state index contributed by atoms with van der Waals surface area (Å²) < 4.78 is 0. The van der Waals surface area contributed by atoms with Gasteiger partial charge in [0.2, 0.25) is 5.88 Å². The van der Waals surface area contributed by atoms with Crippen molar-refractivity contribution in [2.24, 2.45) is 5.92 Å². The van der Waals surface area contributed by atoms with Crippen LogP contribution in [0.4, 0.5) is 0 Å². The van der Waals surface area contributed by atoms with E-state index < -0.39 is 0 Å². The number of aromatic nitrogens is 2. The highest BCUT2D eigenvalue weighted by Gasteiger charge is 2.13. The molecule has 0 atom stereocenters. The number of rotatable bonds is 3. The molecule has 1 aromatic heterocycles. The maximum atomic E-state index is 12.0. The van der Waals surface area contributed by atoms with Gasteiger partial charge in [-0.25, -0.2) is 0 Å². The Morgan fingerprint density at radius 1 is 1.32 bits per heavy atom. The summed E-state index contributed by atoms with van der Waals surface area (Å²) in [7, 11) is 0.